The van der Waals surface area contributed by atoms with Gasteiger partial charge >= 0.3 is 5.97 Å². The molecule has 0 amide bonds. The van der Waals surface area contributed by atoms with E-state index in [0.29, 0.717) is 12.8 Å². The molecule has 3 N–H and O–H groups in total. The van der Waals surface area contributed by atoms with Gasteiger partial charge in [0.05, 0.1) is 5.41 Å². The topological polar surface area (TPSA) is 76.2 Å². The number of carbonyl (C=O) groups is 1. The van der Waals surface area contributed by atoms with E-state index < -0.39 is 11.4 Å². The molecule has 4 nitrogen and oxygen atoms in total. The third-order valence-electron chi connectivity index (χ3n) is 2.99. The summed E-state index contributed by atoms with van der Waals surface area (Å²) in [7, 11) is 0. The van der Waals surface area contributed by atoms with Gasteiger partial charge in [-0.05, 0) is 25.5 Å². The van der Waals surface area contributed by atoms with Crippen LogP contribution in [0.1, 0.15) is 24.7 Å². The van der Waals surface area contributed by atoms with Crippen molar-refractivity contribution in [3.8, 4) is 0 Å². The van der Waals surface area contributed by atoms with E-state index >= 15 is 0 Å². The summed E-state index contributed by atoms with van der Waals surface area (Å²) in [6, 6.07) is 5.62. The summed E-state index contributed by atoms with van der Waals surface area (Å²) in [4.78, 5) is 15.6. The van der Waals surface area contributed by atoms with Crippen LogP contribution in [-0.2, 0) is 11.2 Å². The van der Waals surface area contributed by atoms with Crippen molar-refractivity contribution < 1.29 is 9.90 Å². The lowest BCUT2D eigenvalue weighted by molar-refractivity contribution is -0.148. The van der Waals surface area contributed by atoms with E-state index in [0.717, 1.165) is 11.4 Å². The Morgan fingerprint density at radius 3 is 2.69 bits per heavy atom. The fraction of sp³-hybridized carbons (Fsp3) is 0.500. The Morgan fingerprint density at radius 1 is 1.56 bits per heavy atom. The number of aliphatic carboxylic acids is 1. The average Bonchev–Trinajstić information content (AvgIpc) is 2.25. The molecule has 0 aliphatic rings. The number of hydrogen-bond acceptors (Lipinski definition) is 3. The van der Waals surface area contributed by atoms with E-state index in [2.05, 4.69) is 4.98 Å². The second-order valence-electron chi connectivity index (χ2n) is 4.09. The Morgan fingerprint density at radius 2 is 2.25 bits per heavy atom. The summed E-state index contributed by atoms with van der Waals surface area (Å²) in [5.41, 5.74) is 6.39. The molecule has 1 aromatic heterocycles. The van der Waals surface area contributed by atoms with Crippen LogP contribution in [-0.4, -0.2) is 22.6 Å². The van der Waals surface area contributed by atoms with E-state index in [1.54, 1.807) is 0 Å². The van der Waals surface area contributed by atoms with E-state index in [9.17, 15) is 9.90 Å². The van der Waals surface area contributed by atoms with Crippen molar-refractivity contribution in [2.75, 3.05) is 6.54 Å². The Kier molecular flexibility index (Phi) is 4.01. The lowest BCUT2D eigenvalue weighted by atomic mass is 9.80. The lowest BCUT2D eigenvalue weighted by Crippen LogP contribution is -2.40. The van der Waals surface area contributed by atoms with Crippen LogP contribution in [0.4, 0.5) is 0 Å². The van der Waals surface area contributed by atoms with Gasteiger partial charge in [-0.25, -0.2) is 0 Å². The monoisotopic (exact) mass is 222 g/mol. The van der Waals surface area contributed by atoms with Gasteiger partial charge in [-0.3, -0.25) is 9.78 Å². The predicted octanol–water partition coefficient (Wildman–Crippen LogP) is 1.37. The number of pyridine rings is 1. The van der Waals surface area contributed by atoms with Crippen molar-refractivity contribution in [2.24, 2.45) is 11.1 Å². The van der Waals surface area contributed by atoms with Crippen LogP contribution >= 0.6 is 0 Å². The Bertz CT molecular complexity index is 373. The molecule has 0 aromatic carbocycles. The van der Waals surface area contributed by atoms with Crippen LogP contribution in [0, 0.1) is 12.3 Å². The normalized spacial score (nSPS) is 14.4. The molecule has 16 heavy (non-hydrogen) atoms. The fourth-order valence-electron chi connectivity index (χ4n) is 1.70. The highest BCUT2D eigenvalue weighted by Crippen LogP contribution is 2.25. The number of aryl methyl sites for hydroxylation is 1. The zero-order valence-corrected chi connectivity index (χ0v) is 9.73. The van der Waals surface area contributed by atoms with E-state index in [1.807, 2.05) is 32.0 Å². The number of hydrogen-bond donors (Lipinski definition) is 2. The molecule has 0 fully saturated rings. The van der Waals surface area contributed by atoms with Crippen LogP contribution < -0.4 is 5.73 Å². The lowest BCUT2D eigenvalue weighted by Gasteiger charge is -2.25. The van der Waals surface area contributed by atoms with Crippen molar-refractivity contribution in [1.29, 1.82) is 0 Å². The molecule has 0 saturated carbocycles. The molecule has 0 aliphatic heterocycles. The molecule has 1 atom stereocenters. The minimum Gasteiger partial charge on any atom is -0.481 e. The van der Waals surface area contributed by atoms with Gasteiger partial charge in [0.1, 0.15) is 0 Å². The maximum atomic E-state index is 11.3. The molecule has 1 heterocycles. The van der Waals surface area contributed by atoms with Gasteiger partial charge in [-0.1, -0.05) is 13.0 Å². The van der Waals surface area contributed by atoms with Crippen molar-refractivity contribution in [1.82, 2.24) is 4.98 Å². The summed E-state index contributed by atoms with van der Waals surface area (Å²) in [6.45, 7) is 3.87. The third kappa shape index (κ3) is 2.58. The maximum absolute atomic E-state index is 11.3. The predicted molar refractivity (Wildman–Crippen MR) is 62.1 cm³/mol. The molecule has 1 unspecified atom stereocenters. The fourth-order valence-corrected chi connectivity index (χ4v) is 1.70. The molecular formula is C12H18N2O2. The van der Waals surface area contributed by atoms with Gasteiger partial charge < -0.3 is 10.8 Å². The number of rotatable bonds is 5. The van der Waals surface area contributed by atoms with E-state index in [4.69, 9.17) is 5.73 Å². The molecule has 1 aromatic rings. The largest absolute Gasteiger partial charge is 0.481 e. The second-order valence-corrected chi connectivity index (χ2v) is 4.09. The minimum absolute atomic E-state index is 0.133. The first kappa shape index (κ1) is 12.6. The zero-order chi connectivity index (χ0) is 12.2. The van der Waals surface area contributed by atoms with Crippen molar-refractivity contribution in [3.63, 3.8) is 0 Å². The summed E-state index contributed by atoms with van der Waals surface area (Å²) in [5, 5.41) is 9.25. The molecule has 0 radical (unpaired) electrons. The van der Waals surface area contributed by atoms with E-state index in [1.165, 1.54) is 0 Å². The van der Waals surface area contributed by atoms with Gasteiger partial charge in [-0.15, -0.1) is 0 Å². The molecular weight excluding hydrogens is 204 g/mol. The summed E-state index contributed by atoms with van der Waals surface area (Å²) in [6.07, 6.45) is 0.894. The molecule has 88 valence electrons. The first-order chi connectivity index (χ1) is 7.54. The Labute approximate surface area is 95.5 Å². The number of carboxylic acids is 1. The van der Waals surface area contributed by atoms with Crippen LogP contribution in [0.25, 0.3) is 0 Å². The van der Waals surface area contributed by atoms with Gasteiger partial charge in [0.15, 0.2) is 0 Å². The van der Waals surface area contributed by atoms with Crippen LogP contribution in [0.5, 0.6) is 0 Å². The maximum Gasteiger partial charge on any atom is 0.311 e. The van der Waals surface area contributed by atoms with Crippen LogP contribution in [0.2, 0.25) is 0 Å². The number of nitrogens with two attached hydrogens (primary N) is 1. The quantitative estimate of drug-likeness (QED) is 0.789. The number of nitrogens with zero attached hydrogens (tertiary/aromatic N) is 1. The molecule has 0 aliphatic carbocycles. The molecule has 0 bridgehead atoms. The molecule has 4 heteroatoms. The average molecular weight is 222 g/mol. The first-order valence-corrected chi connectivity index (χ1v) is 5.40. The first-order valence-electron chi connectivity index (χ1n) is 5.40. The van der Waals surface area contributed by atoms with E-state index in [-0.39, 0.29) is 6.54 Å². The van der Waals surface area contributed by atoms with Gasteiger partial charge in [0, 0.05) is 24.4 Å². The van der Waals surface area contributed by atoms with Crippen molar-refractivity contribution in [2.45, 2.75) is 26.7 Å². The SMILES string of the molecule is CCC(CN)(Cc1cccc(C)n1)C(=O)O. The molecule has 1 rings (SSSR count). The standard InChI is InChI=1S/C12H18N2O2/c1-3-12(8-13,11(15)16)7-10-6-4-5-9(2)14-10/h4-6H,3,7-8,13H2,1-2H3,(H,15,16). The summed E-state index contributed by atoms with van der Waals surface area (Å²) in [5.74, 6) is -0.846. The highest BCUT2D eigenvalue weighted by molar-refractivity contribution is 5.75. The second kappa shape index (κ2) is 5.07. The van der Waals surface area contributed by atoms with Crippen molar-refractivity contribution in [3.05, 3.63) is 29.6 Å². The zero-order valence-electron chi connectivity index (χ0n) is 9.73. The smallest absolute Gasteiger partial charge is 0.311 e. The highest BCUT2D eigenvalue weighted by atomic mass is 16.4. The minimum atomic E-state index is -0.888. The summed E-state index contributed by atoms with van der Waals surface area (Å²) >= 11 is 0. The van der Waals surface area contributed by atoms with Gasteiger partial charge in [-0.2, -0.15) is 0 Å². The van der Waals surface area contributed by atoms with Crippen LogP contribution in [0.15, 0.2) is 18.2 Å². The van der Waals surface area contributed by atoms with Crippen molar-refractivity contribution >= 4 is 5.97 Å². The Balaban J connectivity index is 2.96. The summed E-state index contributed by atoms with van der Waals surface area (Å²) < 4.78 is 0. The Hall–Kier alpha value is -1.42. The third-order valence-corrected chi connectivity index (χ3v) is 2.99. The number of carboxylic acid groups (broad SMARTS) is 1. The number of aromatic nitrogens is 1. The van der Waals surface area contributed by atoms with Gasteiger partial charge in [0.25, 0.3) is 0 Å². The molecule has 0 spiro atoms. The highest BCUT2D eigenvalue weighted by Gasteiger charge is 2.35. The molecule has 0 saturated heterocycles. The van der Waals surface area contributed by atoms with Crippen LogP contribution in [0.3, 0.4) is 0 Å². The van der Waals surface area contributed by atoms with Gasteiger partial charge in [0.2, 0.25) is 0 Å².